The zero-order valence-electron chi connectivity index (χ0n) is 12.3. The van der Waals surface area contributed by atoms with Gasteiger partial charge in [0.1, 0.15) is 18.0 Å². The molecule has 1 saturated heterocycles. The minimum atomic E-state index is 0.836. The molecule has 2 heterocycles. The first-order valence-corrected chi connectivity index (χ1v) is 7.14. The second-order valence-corrected chi connectivity index (χ2v) is 5.42. The van der Waals surface area contributed by atoms with Crippen LogP contribution in [0.5, 0.6) is 0 Å². The molecule has 2 rings (SSSR count). The highest BCUT2D eigenvalue weighted by atomic mass is 15.2. The van der Waals surface area contributed by atoms with Crippen LogP contribution in [0.3, 0.4) is 0 Å². The number of nitrogens with zero attached hydrogens (tertiary/aromatic N) is 4. The van der Waals surface area contributed by atoms with Gasteiger partial charge in [0.25, 0.3) is 0 Å². The average Bonchev–Trinajstić information content (AvgIpc) is 2.82. The van der Waals surface area contributed by atoms with Gasteiger partial charge in [-0.1, -0.05) is 0 Å². The Hall–Kier alpha value is -1.36. The van der Waals surface area contributed by atoms with Crippen LogP contribution in [0.4, 0.5) is 11.6 Å². The first kappa shape index (κ1) is 14.1. The maximum atomic E-state index is 4.35. The fourth-order valence-corrected chi connectivity index (χ4v) is 2.59. The summed E-state index contributed by atoms with van der Waals surface area (Å²) >= 11 is 0. The summed E-state index contributed by atoms with van der Waals surface area (Å²) in [7, 11) is 4.31. The minimum Gasteiger partial charge on any atom is -0.370 e. The highest BCUT2D eigenvalue weighted by Crippen LogP contribution is 2.20. The molecule has 0 saturated carbocycles. The molecule has 1 fully saturated rings. The molecule has 1 N–H and O–H groups in total. The Labute approximate surface area is 116 Å². The van der Waals surface area contributed by atoms with Gasteiger partial charge in [0.2, 0.25) is 0 Å². The van der Waals surface area contributed by atoms with Crippen LogP contribution in [-0.2, 0) is 0 Å². The lowest BCUT2D eigenvalue weighted by Crippen LogP contribution is -2.23. The summed E-state index contributed by atoms with van der Waals surface area (Å²) in [5.74, 6) is 2.74. The first-order chi connectivity index (χ1) is 9.19. The summed E-state index contributed by atoms with van der Waals surface area (Å²) in [6, 6.07) is 2.02. The summed E-state index contributed by atoms with van der Waals surface area (Å²) in [6.45, 7) is 6.49. The molecule has 5 nitrogen and oxygen atoms in total. The van der Waals surface area contributed by atoms with Gasteiger partial charge in [-0.05, 0) is 39.3 Å². The molecule has 0 spiro atoms. The van der Waals surface area contributed by atoms with E-state index in [-0.39, 0.29) is 0 Å². The number of likely N-dealkylation sites (tertiary alicyclic amines) is 1. The number of rotatable bonds is 6. The van der Waals surface area contributed by atoms with E-state index in [9.17, 15) is 0 Å². The summed E-state index contributed by atoms with van der Waals surface area (Å²) in [5.41, 5.74) is 0. The number of nitrogens with one attached hydrogen (secondary N) is 1. The molecule has 0 amide bonds. The van der Waals surface area contributed by atoms with Crippen LogP contribution < -0.4 is 10.2 Å². The number of aromatic nitrogens is 2. The lowest BCUT2D eigenvalue weighted by molar-refractivity contribution is 0.389. The first-order valence-electron chi connectivity index (χ1n) is 7.14. The zero-order chi connectivity index (χ0) is 13.7. The van der Waals surface area contributed by atoms with E-state index in [0.717, 1.165) is 30.6 Å². The van der Waals surface area contributed by atoms with Crippen LogP contribution in [-0.4, -0.2) is 55.1 Å². The van der Waals surface area contributed by atoms with Gasteiger partial charge in [0, 0.05) is 32.7 Å². The largest absolute Gasteiger partial charge is 0.370 e. The van der Waals surface area contributed by atoms with Crippen molar-refractivity contribution in [2.24, 2.45) is 5.92 Å². The van der Waals surface area contributed by atoms with Crippen LogP contribution in [0.25, 0.3) is 0 Å². The van der Waals surface area contributed by atoms with Gasteiger partial charge in [-0.2, -0.15) is 0 Å². The van der Waals surface area contributed by atoms with E-state index >= 15 is 0 Å². The zero-order valence-corrected chi connectivity index (χ0v) is 12.3. The van der Waals surface area contributed by atoms with E-state index in [1.54, 1.807) is 6.33 Å². The monoisotopic (exact) mass is 263 g/mol. The van der Waals surface area contributed by atoms with E-state index in [4.69, 9.17) is 0 Å². The molecular weight excluding hydrogens is 238 g/mol. The van der Waals surface area contributed by atoms with E-state index in [1.807, 2.05) is 6.07 Å². The van der Waals surface area contributed by atoms with Crippen molar-refractivity contribution in [2.45, 2.75) is 19.8 Å². The molecule has 5 heteroatoms. The molecule has 0 aromatic carbocycles. The summed E-state index contributed by atoms with van der Waals surface area (Å²) in [6.07, 6.45) is 4.20. The highest BCUT2D eigenvalue weighted by Gasteiger charge is 2.19. The minimum absolute atomic E-state index is 0.836. The van der Waals surface area contributed by atoms with Crippen molar-refractivity contribution in [2.75, 3.05) is 50.5 Å². The van der Waals surface area contributed by atoms with Gasteiger partial charge in [0.15, 0.2) is 0 Å². The molecule has 0 bridgehead atoms. The SMILES string of the molecule is CCNc1cc(N(C)CCC2CCN(C)C2)ncn1. The van der Waals surface area contributed by atoms with Crippen LogP contribution in [0.15, 0.2) is 12.4 Å². The smallest absolute Gasteiger partial charge is 0.133 e. The fourth-order valence-electron chi connectivity index (χ4n) is 2.59. The van der Waals surface area contributed by atoms with Crippen molar-refractivity contribution in [3.05, 3.63) is 12.4 Å². The molecule has 19 heavy (non-hydrogen) atoms. The van der Waals surface area contributed by atoms with Crippen LogP contribution in [0.2, 0.25) is 0 Å². The Balaban J connectivity index is 1.85. The normalized spacial score (nSPS) is 19.6. The van der Waals surface area contributed by atoms with Crippen molar-refractivity contribution in [3.8, 4) is 0 Å². The third kappa shape index (κ3) is 4.06. The van der Waals surface area contributed by atoms with Gasteiger partial charge in [-0.3, -0.25) is 0 Å². The van der Waals surface area contributed by atoms with Crippen LogP contribution in [0.1, 0.15) is 19.8 Å². The van der Waals surface area contributed by atoms with Crippen LogP contribution >= 0.6 is 0 Å². The maximum Gasteiger partial charge on any atom is 0.133 e. The van der Waals surface area contributed by atoms with E-state index in [2.05, 4.69) is 46.1 Å². The van der Waals surface area contributed by atoms with E-state index in [0.29, 0.717) is 0 Å². The molecule has 1 aromatic heterocycles. The Morgan fingerprint density at radius 1 is 1.47 bits per heavy atom. The van der Waals surface area contributed by atoms with E-state index in [1.165, 1.54) is 25.9 Å². The standard InChI is InChI=1S/C14H25N5/c1-4-15-13-9-14(17-11-16-13)19(3)8-6-12-5-7-18(2)10-12/h9,11-12H,4-8,10H2,1-3H3,(H,15,16,17). The van der Waals surface area contributed by atoms with Gasteiger partial charge >= 0.3 is 0 Å². The molecule has 1 aliphatic heterocycles. The Morgan fingerprint density at radius 2 is 2.32 bits per heavy atom. The van der Waals surface area contributed by atoms with Crippen molar-refractivity contribution < 1.29 is 0 Å². The molecule has 1 atom stereocenters. The van der Waals surface area contributed by atoms with Gasteiger partial charge in [-0.25, -0.2) is 9.97 Å². The van der Waals surface area contributed by atoms with Gasteiger partial charge < -0.3 is 15.1 Å². The van der Waals surface area contributed by atoms with E-state index < -0.39 is 0 Å². The Bertz CT molecular complexity index is 395. The molecule has 0 aliphatic carbocycles. The molecule has 106 valence electrons. The van der Waals surface area contributed by atoms with Gasteiger partial charge in [-0.15, -0.1) is 0 Å². The van der Waals surface area contributed by atoms with Crippen molar-refractivity contribution in [1.29, 1.82) is 0 Å². The average molecular weight is 263 g/mol. The number of hydrogen-bond acceptors (Lipinski definition) is 5. The Morgan fingerprint density at radius 3 is 3.00 bits per heavy atom. The topological polar surface area (TPSA) is 44.3 Å². The van der Waals surface area contributed by atoms with Crippen LogP contribution in [0, 0.1) is 5.92 Å². The molecule has 1 aromatic rings. The third-order valence-electron chi connectivity index (χ3n) is 3.76. The number of hydrogen-bond donors (Lipinski definition) is 1. The highest BCUT2D eigenvalue weighted by molar-refractivity contribution is 5.47. The van der Waals surface area contributed by atoms with Crippen molar-refractivity contribution in [1.82, 2.24) is 14.9 Å². The third-order valence-corrected chi connectivity index (χ3v) is 3.76. The Kier molecular flexibility index (Phi) is 4.96. The van der Waals surface area contributed by atoms with Crippen molar-refractivity contribution >= 4 is 11.6 Å². The predicted molar refractivity (Wildman–Crippen MR) is 79.7 cm³/mol. The van der Waals surface area contributed by atoms with Gasteiger partial charge in [0.05, 0.1) is 0 Å². The second-order valence-electron chi connectivity index (χ2n) is 5.42. The number of anilines is 2. The molecular formula is C14H25N5. The summed E-state index contributed by atoms with van der Waals surface area (Å²) in [5, 5.41) is 3.22. The molecule has 1 unspecified atom stereocenters. The predicted octanol–water partition coefficient (Wildman–Crippen LogP) is 1.69. The fraction of sp³-hybridized carbons (Fsp3) is 0.714. The lowest BCUT2D eigenvalue weighted by Gasteiger charge is -2.20. The maximum absolute atomic E-state index is 4.35. The summed E-state index contributed by atoms with van der Waals surface area (Å²) < 4.78 is 0. The quantitative estimate of drug-likeness (QED) is 0.846. The molecule has 1 aliphatic rings. The second kappa shape index (κ2) is 6.70. The van der Waals surface area contributed by atoms with Crippen molar-refractivity contribution in [3.63, 3.8) is 0 Å². The summed E-state index contributed by atoms with van der Waals surface area (Å²) in [4.78, 5) is 13.2. The molecule has 0 radical (unpaired) electrons. The lowest BCUT2D eigenvalue weighted by atomic mass is 10.1.